The molecule has 58 valence electrons. The Labute approximate surface area is 62.0 Å². The molecule has 0 N–H and O–H groups in total. The van der Waals surface area contributed by atoms with E-state index in [4.69, 9.17) is 4.74 Å². The smallest absolute Gasteiger partial charge is 0.132 e. The van der Waals surface area contributed by atoms with Crippen molar-refractivity contribution < 1.29 is 4.74 Å². The number of nitrogens with zero attached hydrogens (tertiary/aromatic N) is 2. The fraction of sp³-hybridized carbons (Fsp3) is 0.571. The van der Waals surface area contributed by atoms with Crippen molar-refractivity contribution in [1.82, 2.24) is 5.01 Å². The van der Waals surface area contributed by atoms with Gasteiger partial charge in [0.2, 0.25) is 0 Å². The molecule has 0 amide bonds. The van der Waals surface area contributed by atoms with Crippen LogP contribution in [0.4, 0.5) is 0 Å². The van der Waals surface area contributed by atoms with Gasteiger partial charge >= 0.3 is 0 Å². The quantitative estimate of drug-likeness (QED) is 0.333. The Bertz CT molecular complexity index is 130. The van der Waals surface area contributed by atoms with Crippen LogP contribution in [0.2, 0.25) is 0 Å². The largest absolute Gasteiger partial charge is 0.493 e. The zero-order valence-electron chi connectivity index (χ0n) is 6.79. The van der Waals surface area contributed by atoms with Gasteiger partial charge in [-0.05, 0) is 6.92 Å². The molecule has 0 aromatic heterocycles. The van der Waals surface area contributed by atoms with Gasteiger partial charge in [0.1, 0.15) is 5.76 Å². The molecule has 3 heteroatoms. The van der Waals surface area contributed by atoms with Gasteiger partial charge in [-0.1, -0.05) is 6.58 Å². The molecular weight excluding hydrogens is 128 g/mol. The maximum Gasteiger partial charge on any atom is 0.132 e. The van der Waals surface area contributed by atoms with Crippen LogP contribution in [0.25, 0.3) is 0 Å². The van der Waals surface area contributed by atoms with E-state index < -0.39 is 0 Å². The lowest BCUT2D eigenvalue weighted by Crippen LogP contribution is -2.03. The van der Waals surface area contributed by atoms with E-state index in [-0.39, 0.29) is 0 Å². The SMILES string of the molecule is C=C(C=NN(C)C)OCC. The van der Waals surface area contributed by atoms with E-state index in [1.165, 1.54) is 0 Å². The van der Waals surface area contributed by atoms with Gasteiger partial charge in [-0.2, -0.15) is 5.10 Å². The highest BCUT2D eigenvalue weighted by molar-refractivity contribution is 5.74. The molecular formula is C7H14N2O. The predicted octanol–water partition coefficient (Wildman–Crippen LogP) is 1.08. The molecule has 0 aliphatic carbocycles. The van der Waals surface area contributed by atoms with Gasteiger partial charge in [-0.25, -0.2) is 0 Å². The number of rotatable bonds is 4. The second-order valence-electron chi connectivity index (χ2n) is 1.99. The number of hydrogen-bond donors (Lipinski definition) is 0. The number of allylic oxidation sites excluding steroid dienone is 1. The number of ether oxygens (including phenoxy) is 1. The first-order valence-electron chi connectivity index (χ1n) is 3.19. The van der Waals surface area contributed by atoms with E-state index in [1.54, 1.807) is 11.2 Å². The van der Waals surface area contributed by atoms with Crippen LogP contribution in [-0.4, -0.2) is 31.9 Å². The fourth-order valence-electron chi connectivity index (χ4n) is 0.403. The van der Waals surface area contributed by atoms with Gasteiger partial charge in [-0.15, -0.1) is 0 Å². The number of hydrazone groups is 1. The molecule has 0 aliphatic heterocycles. The summed E-state index contributed by atoms with van der Waals surface area (Å²) in [5.41, 5.74) is 0. The van der Waals surface area contributed by atoms with Gasteiger partial charge in [0.25, 0.3) is 0 Å². The molecule has 0 unspecified atom stereocenters. The third kappa shape index (κ3) is 5.15. The molecule has 0 radical (unpaired) electrons. The van der Waals surface area contributed by atoms with Crippen molar-refractivity contribution in [1.29, 1.82) is 0 Å². The summed E-state index contributed by atoms with van der Waals surface area (Å²) < 4.78 is 5.02. The Balaban J connectivity index is 3.56. The van der Waals surface area contributed by atoms with Crippen molar-refractivity contribution in [3.05, 3.63) is 12.3 Å². The van der Waals surface area contributed by atoms with Gasteiger partial charge in [0, 0.05) is 14.1 Å². The van der Waals surface area contributed by atoms with Crippen LogP contribution in [0.5, 0.6) is 0 Å². The van der Waals surface area contributed by atoms with Crippen molar-refractivity contribution in [3.63, 3.8) is 0 Å². The average molecular weight is 142 g/mol. The summed E-state index contributed by atoms with van der Waals surface area (Å²) in [6, 6.07) is 0. The molecule has 0 bridgehead atoms. The zero-order valence-corrected chi connectivity index (χ0v) is 6.79. The summed E-state index contributed by atoms with van der Waals surface area (Å²) in [7, 11) is 3.69. The van der Waals surface area contributed by atoms with Crippen LogP contribution in [0.1, 0.15) is 6.92 Å². The van der Waals surface area contributed by atoms with Gasteiger partial charge < -0.3 is 9.75 Å². The lowest BCUT2D eigenvalue weighted by atomic mass is 10.6. The molecule has 0 saturated heterocycles. The predicted molar refractivity (Wildman–Crippen MR) is 42.9 cm³/mol. The highest BCUT2D eigenvalue weighted by atomic mass is 16.5. The minimum atomic E-state index is 0.594. The average Bonchev–Trinajstić information content (AvgIpc) is 1.85. The van der Waals surface area contributed by atoms with E-state index in [0.29, 0.717) is 12.4 Å². The Hall–Kier alpha value is -0.990. The molecule has 0 rings (SSSR count). The maximum absolute atomic E-state index is 5.02. The van der Waals surface area contributed by atoms with Crippen molar-refractivity contribution in [2.24, 2.45) is 5.10 Å². The van der Waals surface area contributed by atoms with E-state index in [1.807, 2.05) is 21.0 Å². The van der Waals surface area contributed by atoms with Crippen LogP contribution in [-0.2, 0) is 4.74 Å². The molecule has 0 spiro atoms. The molecule has 0 aliphatic rings. The monoisotopic (exact) mass is 142 g/mol. The first kappa shape index (κ1) is 9.01. The first-order chi connectivity index (χ1) is 4.66. The van der Waals surface area contributed by atoms with Crippen LogP contribution in [0.3, 0.4) is 0 Å². The Morgan fingerprint density at radius 1 is 1.70 bits per heavy atom. The fourth-order valence-corrected chi connectivity index (χ4v) is 0.403. The molecule has 0 fully saturated rings. The summed E-state index contributed by atoms with van der Waals surface area (Å²) in [4.78, 5) is 0. The summed E-state index contributed by atoms with van der Waals surface area (Å²) in [6.45, 7) is 6.17. The Kier molecular flexibility index (Phi) is 4.37. The first-order valence-corrected chi connectivity index (χ1v) is 3.19. The zero-order chi connectivity index (χ0) is 7.98. The van der Waals surface area contributed by atoms with Crippen molar-refractivity contribution in [2.45, 2.75) is 6.92 Å². The second-order valence-corrected chi connectivity index (χ2v) is 1.99. The van der Waals surface area contributed by atoms with E-state index in [2.05, 4.69) is 11.7 Å². The molecule has 10 heavy (non-hydrogen) atoms. The Morgan fingerprint density at radius 2 is 2.30 bits per heavy atom. The lowest BCUT2D eigenvalue weighted by Gasteiger charge is -2.03. The highest BCUT2D eigenvalue weighted by Crippen LogP contribution is 1.88. The van der Waals surface area contributed by atoms with Crippen molar-refractivity contribution in [2.75, 3.05) is 20.7 Å². The Morgan fingerprint density at radius 3 is 2.70 bits per heavy atom. The topological polar surface area (TPSA) is 24.8 Å². The normalized spacial score (nSPS) is 9.90. The highest BCUT2D eigenvalue weighted by Gasteiger charge is 1.84. The molecule has 0 aromatic carbocycles. The third-order valence-electron chi connectivity index (χ3n) is 0.762. The standard InChI is InChI=1S/C7H14N2O/c1-5-10-7(2)6-8-9(3)4/h6H,2,5H2,1,3-4H3. The van der Waals surface area contributed by atoms with Crippen LogP contribution in [0.15, 0.2) is 17.4 Å². The van der Waals surface area contributed by atoms with Gasteiger partial charge in [0.15, 0.2) is 0 Å². The van der Waals surface area contributed by atoms with Crippen LogP contribution < -0.4 is 0 Å². The molecule has 0 atom stereocenters. The lowest BCUT2D eigenvalue weighted by molar-refractivity contribution is 0.251. The summed E-state index contributed by atoms with van der Waals surface area (Å²) >= 11 is 0. The van der Waals surface area contributed by atoms with Gasteiger partial charge in [0.05, 0.1) is 12.8 Å². The van der Waals surface area contributed by atoms with Crippen molar-refractivity contribution in [3.8, 4) is 0 Å². The second kappa shape index (κ2) is 4.85. The minimum Gasteiger partial charge on any atom is -0.493 e. The molecule has 3 nitrogen and oxygen atoms in total. The van der Waals surface area contributed by atoms with Crippen molar-refractivity contribution >= 4 is 6.21 Å². The van der Waals surface area contributed by atoms with E-state index in [9.17, 15) is 0 Å². The molecule has 0 heterocycles. The molecule has 0 aromatic rings. The third-order valence-corrected chi connectivity index (χ3v) is 0.762. The summed E-state index contributed by atoms with van der Waals surface area (Å²) in [5.74, 6) is 0.594. The van der Waals surface area contributed by atoms with Crippen LogP contribution >= 0.6 is 0 Å². The van der Waals surface area contributed by atoms with E-state index in [0.717, 1.165) is 0 Å². The van der Waals surface area contributed by atoms with Crippen LogP contribution in [0, 0.1) is 0 Å². The summed E-state index contributed by atoms with van der Waals surface area (Å²) in [5, 5.41) is 5.61. The van der Waals surface area contributed by atoms with E-state index >= 15 is 0 Å². The maximum atomic E-state index is 5.02. The van der Waals surface area contributed by atoms with Gasteiger partial charge in [-0.3, -0.25) is 0 Å². The molecule has 0 saturated carbocycles. The summed E-state index contributed by atoms with van der Waals surface area (Å²) in [6.07, 6.45) is 1.59. The minimum absolute atomic E-state index is 0.594. The number of hydrogen-bond acceptors (Lipinski definition) is 3.